The van der Waals surface area contributed by atoms with Gasteiger partial charge in [0.2, 0.25) is 9.84 Å². The highest BCUT2D eigenvalue weighted by atomic mass is 32.2. The van der Waals surface area contributed by atoms with E-state index in [0.717, 1.165) is 11.1 Å². The summed E-state index contributed by atoms with van der Waals surface area (Å²) in [6.45, 7) is 1.93. The maximum absolute atomic E-state index is 12.9. The third-order valence-electron chi connectivity index (χ3n) is 3.42. The Morgan fingerprint density at radius 2 is 1.67 bits per heavy atom. The third-order valence-corrected chi connectivity index (χ3v) is 5.23. The standard InChI is InChI=1S/C17H15NO2S/c1-13-6-8-15(9-7-13)21(19,20)17-12-18-11-10-14-4-2-3-5-16(14)17/h2-12,18H,1H3. The molecule has 21 heavy (non-hydrogen) atoms. The quantitative estimate of drug-likeness (QED) is 0.924. The Morgan fingerprint density at radius 1 is 0.952 bits per heavy atom. The fourth-order valence-corrected chi connectivity index (χ4v) is 3.72. The van der Waals surface area contributed by atoms with Gasteiger partial charge in [-0.15, -0.1) is 0 Å². The van der Waals surface area contributed by atoms with E-state index in [1.807, 2.05) is 49.4 Å². The molecule has 1 heterocycles. The van der Waals surface area contributed by atoms with E-state index in [2.05, 4.69) is 5.32 Å². The molecule has 2 aromatic carbocycles. The van der Waals surface area contributed by atoms with Crippen molar-refractivity contribution in [2.75, 3.05) is 0 Å². The molecule has 0 atom stereocenters. The van der Waals surface area contributed by atoms with Crippen molar-refractivity contribution in [3.8, 4) is 0 Å². The van der Waals surface area contributed by atoms with Crippen molar-refractivity contribution in [2.24, 2.45) is 0 Å². The summed E-state index contributed by atoms with van der Waals surface area (Å²) < 4.78 is 25.8. The Bertz CT molecular complexity index is 831. The van der Waals surface area contributed by atoms with Crippen LogP contribution < -0.4 is 5.32 Å². The normalized spacial score (nSPS) is 13.9. The Hall–Kier alpha value is -2.33. The van der Waals surface area contributed by atoms with Gasteiger partial charge in [-0.2, -0.15) is 0 Å². The lowest BCUT2D eigenvalue weighted by molar-refractivity contribution is 0.605. The van der Waals surface area contributed by atoms with E-state index in [4.69, 9.17) is 0 Å². The number of fused-ring (bicyclic) bond motifs is 1. The third kappa shape index (κ3) is 2.50. The van der Waals surface area contributed by atoms with Crippen LogP contribution in [0.1, 0.15) is 16.7 Å². The number of rotatable bonds is 2. The predicted octanol–water partition coefficient (Wildman–Crippen LogP) is 3.34. The Balaban J connectivity index is 2.16. The number of aryl methyl sites for hydroxylation is 1. The first-order valence-electron chi connectivity index (χ1n) is 6.63. The summed E-state index contributed by atoms with van der Waals surface area (Å²) in [6.07, 6.45) is 5.14. The monoisotopic (exact) mass is 297 g/mol. The second-order valence-corrected chi connectivity index (χ2v) is 6.83. The van der Waals surface area contributed by atoms with E-state index >= 15 is 0 Å². The van der Waals surface area contributed by atoms with Gasteiger partial charge in [-0.1, -0.05) is 42.0 Å². The number of nitrogens with one attached hydrogen (secondary N) is 1. The number of hydrogen-bond donors (Lipinski definition) is 1. The molecular weight excluding hydrogens is 282 g/mol. The highest BCUT2D eigenvalue weighted by Crippen LogP contribution is 2.31. The first-order chi connectivity index (χ1) is 10.1. The van der Waals surface area contributed by atoms with Gasteiger partial charge < -0.3 is 5.32 Å². The summed E-state index contributed by atoms with van der Waals surface area (Å²) >= 11 is 0. The van der Waals surface area contributed by atoms with Crippen LogP contribution in [0.3, 0.4) is 0 Å². The van der Waals surface area contributed by atoms with Crippen molar-refractivity contribution in [3.63, 3.8) is 0 Å². The smallest absolute Gasteiger partial charge is 0.208 e. The van der Waals surface area contributed by atoms with Crippen molar-refractivity contribution in [2.45, 2.75) is 11.8 Å². The van der Waals surface area contributed by atoms with Gasteiger partial charge >= 0.3 is 0 Å². The SMILES string of the molecule is Cc1ccc(S(=O)(=O)C2=CNC=Cc3ccccc32)cc1. The molecule has 0 spiro atoms. The molecule has 0 amide bonds. The molecule has 106 valence electrons. The fraction of sp³-hybridized carbons (Fsp3) is 0.0588. The summed E-state index contributed by atoms with van der Waals surface area (Å²) in [7, 11) is -3.56. The molecular formula is C17H15NO2S. The summed E-state index contributed by atoms with van der Waals surface area (Å²) in [4.78, 5) is 0.588. The van der Waals surface area contributed by atoms with Gasteiger partial charge in [0.05, 0.1) is 9.80 Å². The summed E-state index contributed by atoms with van der Waals surface area (Å²) in [5.74, 6) is 0. The van der Waals surface area contributed by atoms with Crippen LogP contribution in [-0.2, 0) is 9.84 Å². The molecule has 0 bridgehead atoms. The number of sulfone groups is 1. The Kier molecular flexibility index (Phi) is 3.39. The minimum atomic E-state index is -3.56. The van der Waals surface area contributed by atoms with E-state index in [9.17, 15) is 8.42 Å². The molecule has 0 saturated carbocycles. The molecule has 4 heteroatoms. The number of benzene rings is 2. The van der Waals surface area contributed by atoms with Crippen molar-refractivity contribution in [3.05, 3.63) is 77.6 Å². The highest BCUT2D eigenvalue weighted by Gasteiger charge is 2.24. The van der Waals surface area contributed by atoms with Gasteiger partial charge in [0.15, 0.2) is 0 Å². The zero-order valence-corrected chi connectivity index (χ0v) is 12.4. The Morgan fingerprint density at radius 3 is 2.43 bits per heavy atom. The average Bonchev–Trinajstić information content (AvgIpc) is 2.70. The van der Waals surface area contributed by atoms with E-state index in [-0.39, 0.29) is 4.91 Å². The molecule has 0 radical (unpaired) electrons. The fourth-order valence-electron chi connectivity index (χ4n) is 2.27. The summed E-state index contributed by atoms with van der Waals surface area (Å²) in [6, 6.07) is 14.4. The first kappa shape index (κ1) is 13.6. The van der Waals surface area contributed by atoms with Crippen molar-refractivity contribution >= 4 is 20.8 Å². The second kappa shape index (κ2) is 5.22. The van der Waals surface area contributed by atoms with Gasteiger partial charge in [-0.05, 0) is 30.7 Å². The van der Waals surface area contributed by atoms with Crippen LogP contribution in [0.2, 0.25) is 0 Å². The average molecular weight is 297 g/mol. The molecule has 0 saturated heterocycles. The van der Waals surface area contributed by atoms with Crippen molar-refractivity contribution in [1.82, 2.24) is 5.32 Å². The van der Waals surface area contributed by atoms with Gasteiger partial charge in [-0.3, -0.25) is 0 Å². The van der Waals surface area contributed by atoms with Crippen molar-refractivity contribution < 1.29 is 8.42 Å². The van der Waals surface area contributed by atoms with E-state index in [0.29, 0.717) is 10.5 Å². The van der Waals surface area contributed by atoms with Crippen LogP contribution in [0.4, 0.5) is 0 Å². The predicted molar refractivity (Wildman–Crippen MR) is 85.0 cm³/mol. The van der Waals surface area contributed by atoms with Crippen molar-refractivity contribution in [1.29, 1.82) is 0 Å². The lowest BCUT2D eigenvalue weighted by Crippen LogP contribution is -2.07. The molecule has 0 unspecified atom stereocenters. The first-order valence-corrected chi connectivity index (χ1v) is 8.11. The molecule has 3 rings (SSSR count). The highest BCUT2D eigenvalue weighted by molar-refractivity contribution is 8.00. The largest absolute Gasteiger partial charge is 0.366 e. The summed E-state index contributed by atoms with van der Waals surface area (Å²) in [5.41, 5.74) is 2.62. The van der Waals surface area contributed by atoms with E-state index < -0.39 is 9.84 Å². The van der Waals surface area contributed by atoms with Gasteiger partial charge in [0, 0.05) is 18.0 Å². The topological polar surface area (TPSA) is 46.2 Å². The lowest BCUT2D eigenvalue weighted by atomic mass is 10.1. The summed E-state index contributed by atoms with van der Waals surface area (Å²) in [5, 5.41) is 2.91. The molecule has 0 fully saturated rings. The maximum atomic E-state index is 12.9. The molecule has 0 aromatic heterocycles. The van der Waals surface area contributed by atoms with Crippen LogP contribution in [0.25, 0.3) is 11.0 Å². The minimum absolute atomic E-state index is 0.284. The molecule has 0 aliphatic carbocycles. The van der Waals surface area contributed by atoms with Crippen LogP contribution >= 0.6 is 0 Å². The molecule has 1 N–H and O–H groups in total. The maximum Gasteiger partial charge on any atom is 0.208 e. The van der Waals surface area contributed by atoms with E-state index in [1.165, 1.54) is 6.20 Å². The zero-order chi connectivity index (χ0) is 14.9. The molecule has 3 nitrogen and oxygen atoms in total. The van der Waals surface area contributed by atoms with Crippen LogP contribution in [0.5, 0.6) is 0 Å². The molecule has 2 aromatic rings. The van der Waals surface area contributed by atoms with Gasteiger partial charge in [0.25, 0.3) is 0 Å². The number of hydrogen-bond acceptors (Lipinski definition) is 3. The molecule has 1 aliphatic heterocycles. The Labute approximate surface area is 124 Å². The zero-order valence-electron chi connectivity index (χ0n) is 11.6. The molecule has 1 aliphatic rings. The van der Waals surface area contributed by atoms with E-state index in [1.54, 1.807) is 18.3 Å². The van der Waals surface area contributed by atoms with Gasteiger partial charge in [0.1, 0.15) is 0 Å². The van der Waals surface area contributed by atoms with Crippen LogP contribution in [-0.4, -0.2) is 8.42 Å². The lowest BCUT2D eigenvalue weighted by Gasteiger charge is -2.11. The van der Waals surface area contributed by atoms with Crippen LogP contribution in [0.15, 0.2) is 65.8 Å². The van der Waals surface area contributed by atoms with Gasteiger partial charge in [-0.25, -0.2) is 8.42 Å². The second-order valence-electron chi connectivity index (χ2n) is 4.91. The van der Waals surface area contributed by atoms with Crippen LogP contribution in [0, 0.1) is 6.92 Å². The minimum Gasteiger partial charge on any atom is -0.366 e.